The summed E-state index contributed by atoms with van der Waals surface area (Å²) in [6.07, 6.45) is -0.915. The van der Waals surface area contributed by atoms with E-state index in [1.165, 1.54) is 17.8 Å². The molecule has 0 aromatic carbocycles. The Hall–Kier alpha value is -3.14. The second kappa shape index (κ2) is 10.3. The highest BCUT2D eigenvalue weighted by atomic mass is 32.2. The summed E-state index contributed by atoms with van der Waals surface area (Å²) in [5, 5.41) is -0.149. The molecule has 0 saturated heterocycles. The number of hydrogen-bond acceptors (Lipinski definition) is 10. The molecule has 0 fully saturated rings. The zero-order valence-corrected chi connectivity index (χ0v) is 22.9. The lowest BCUT2D eigenvalue weighted by Gasteiger charge is -2.27. The Labute approximate surface area is 216 Å². The first-order chi connectivity index (χ1) is 16.6. The number of pyridine rings is 1. The number of halogens is 3. The first-order valence-electron chi connectivity index (χ1n) is 10.5. The van der Waals surface area contributed by atoms with Gasteiger partial charge >= 0.3 is 27.7 Å². The van der Waals surface area contributed by atoms with Gasteiger partial charge < -0.3 is 14.2 Å². The molecule has 0 aliphatic heterocycles. The molecular formula is C21H27F3N4O7S2. The summed E-state index contributed by atoms with van der Waals surface area (Å²) in [7, 11) is -4.67. The Bertz CT molecular complexity index is 1250. The fourth-order valence-corrected chi connectivity index (χ4v) is 4.19. The van der Waals surface area contributed by atoms with Gasteiger partial charge in [0.15, 0.2) is 0 Å². The number of ether oxygens (including phenoxy) is 3. The summed E-state index contributed by atoms with van der Waals surface area (Å²) in [5.41, 5.74) is -7.69. The number of sulfonamides is 1. The zero-order valence-electron chi connectivity index (χ0n) is 21.3. The van der Waals surface area contributed by atoms with Gasteiger partial charge in [0.2, 0.25) is 11.0 Å². The Morgan fingerprint density at radius 3 is 1.97 bits per heavy atom. The Kier molecular flexibility index (Phi) is 8.39. The van der Waals surface area contributed by atoms with E-state index in [1.54, 1.807) is 41.5 Å². The number of alkyl halides is 3. The topological polar surface area (TPSA) is 137 Å². The Morgan fingerprint density at radius 1 is 1.03 bits per heavy atom. The summed E-state index contributed by atoms with van der Waals surface area (Å²) in [6, 6.07) is 1.06. The number of rotatable bonds is 5. The number of nitrogens with zero attached hydrogens (tertiary/aromatic N) is 3. The van der Waals surface area contributed by atoms with E-state index in [1.807, 2.05) is 0 Å². The van der Waals surface area contributed by atoms with Crippen molar-refractivity contribution in [2.45, 2.75) is 65.2 Å². The molecule has 0 radical (unpaired) electrons. The first-order valence-corrected chi connectivity index (χ1v) is 12.8. The van der Waals surface area contributed by atoms with Crippen molar-refractivity contribution in [1.82, 2.24) is 9.97 Å². The van der Waals surface area contributed by atoms with E-state index < -0.39 is 50.5 Å². The van der Waals surface area contributed by atoms with Gasteiger partial charge in [-0.2, -0.15) is 26.5 Å². The monoisotopic (exact) mass is 568 g/mol. The van der Waals surface area contributed by atoms with Crippen molar-refractivity contribution in [2.24, 2.45) is 0 Å². The summed E-state index contributed by atoms with van der Waals surface area (Å²) < 4.78 is 78.9. The van der Waals surface area contributed by atoms with Crippen molar-refractivity contribution in [2.75, 3.05) is 16.7 Å². The van der Waals surface area contributed by atoms with E-state index >= 15 is 0 Å². The van der Waals surface area contributed by atoms with Crippen LogP contribution in [-0.4, -0.2) is 54.4 Å². The van der Waals surface area contributed by atoms with E-state index in [0.717, 1.165) is 24.5 Å². The third kappa shape index (κ3) is 7.67. The molecule has 2 heterocycles. The average Bonchev–Trinajstić information content (AvgIpc) is 3.04. The Balaban J connectivity index is 2.58. The zero-order chi connectivity index (χ0) is 28.6. The highest BCUT2D eigenvalue weighted by Crippen LogP contribution is 2.39. The molecule has 37 heavy (non-hydrogen) atoms. The van der Waals surface area contributed by atoms with Crippen molar-refractivity contribution in [3.8, 4) is 16.3 Å². The van der Waals surface area contributed by atoms with Crippen LogP contribution in [0.2, 0.25) is 0 Å². The maximum atomic E-state index is 12.9. The van der Waals surface area contributed by atoms with Crippen molar-refractivity contribution in [3.05, 3.63) is 18.0 Å². The second-order valence-corrected chi connectivity index (χ2v) is 12.2. The number of amides is 2. The molecule has 2 aromatic heterocycles. The van der Waals surface area contributed by atoms with Gasteiger partial charge in [-0.25, -0.2) is 19.6 Å². The molecule has 16 heteroatoms. The van der Waals surface area contributed by atoms with Gasteiger partial charge in [-0.3, -0.25) is 4.72 Å². The molecule has 206 valence electrons. The van der Waals surface area contributed by atoms with Crippen LogP contribution in [0.25, 0.3) is 10.4 Å². The molecule has 2 rings (SSSR count). The van der Waals surface area contributed by atoms with Crippen LogP contribution in [0, 0.1) is 6.92 Å². The van der Waals surface area contributed by atoms with Crippen LogP contribution in [0.15, 0.2) is 12.3 Å². The summed E-state index contributed by atoms with van der Waals surface area (Å²) in [6.45, 7) is 11.1. The number of anilines is 2. The maximum absolute atomic E-state index is 12.9. The Morgan fingerprint density at radius 2 is 1.54 bits per heavy atom. The molecule has 0 aliphatic rings. The van der Waals surface area contributed by atoms with Crippen LogP contribution in [0.3, 0.4) is 0 Å². The lowest BCUT2D eigenvalue weighted by molar-refractivity contribution is -0.0429. The predicted molar refractivity (Wildman–Crippen MR) is 130 cm³/mol. The highest BCUT2D eigenvalue weighted by Gasteiger charge is 2.46. The molecule has 2 amide bonds. The number of thiazole rings is 1. The summed E-state index contributed by atoms with van der Waals surface area (Å²) in [5.74, 6) is -0.414. The number of methoxy groups -OCH3 is 1. The normalized spacial score (nSPS) is 12.6. The molecule has 0 atom stereocenters. The third-order valence-corrected chi connectivity index (χ3v) is 6.27. The van der Waals surface area contributed by atoms with Crippen LogP contribution in [0.1, 0.15) is 47.2 Å². The van der Waals surface area contributed by atoms with E-state index in [-0.39, 0.29) is 21.3 Å². The highest BCUT2D eigenvalue weighted by molar-refractivity contribution is 7.93. The molecule has 0 aliphatic carbocycles. The smallest absolute Gasteiger partial charge is 0.480 e. The number of hydrogen-bond donors (Lipinski definition) is 1. The molecule has 0 bridgehead atoms. The summed E-state index contributed by atoms with van der Waals surface area (Å²) in [4.78, 5) is 34.8. The molecule has 0 spiro atoms. The molecule has 11 nitrogen and oxygen atoms in total. The van der Waals surface area contributed by atoms with Crippen LogP contribution >= 0.6 is 11.3 Å². The third-order valence-electron chi connectivity index (χ3n) is 3.98. The van der Waals surface area contributed by atoms with Gasteiger partial charge in [0, 0.05) is 11.8 Å². The minimum absolute atomic E-state index is 0.134. The van der Waals surface area contributed by atoms with E-state index in [2.05, 4.69) is 9.97 Å². The molecule has 1 N–H and O–H groups in total. The van der Waals surface area contributed by atoms with Gasteiger partial charge in [-0.1, -0.05) is 11.3 Å². The van der Waals surface area contributed by atoms with Gasteiger partial charge in [0.1, 0.15) is 16.9 Å². The fraction of sp³-hybridized carbons (Fsp3) is 0.524. The maximum Gasteiger partial charge on any atom is 0.516 e. The van der Waals surface area contributed by atoms with Crippen molar-refractivity contribution in [3.63, 3.8) is 0 Å². The minimum Gasteiger partial charge on any atom is -0.480 e. The lowest BCUT2D eigenvalue weighted by Crippen LogP contribution is -2.43. The fourth-order valence-electron chi connectivity index (χ4n) is 2.61. The van der Waals surface area contributed by atoms with Gasteiger partial charge in [0.05, 0.1) is 17.7 Å². The molecular weight excluding hydrogens is 541 g/mol. The second-order valence-electron chi connectivity index (χ2n) is 9.54. The number of imide groups is 1. The number of aromatic nitrogens is 2. The summed E-state index contributed by atoms with van der Waals surface area (Å²) >= 11 is 0.808. The quantitative estimate of drug-likeness (QED) is 0.498. The minimum atomic E-state index is -5.77. The largest absolute Gasteiger partial charge is 0.516 e. The number of aryl methyl sites for hydroxylation is 1. The van der Waals surface area contributed by atoms with Crippen LogP contribution in [0.5, 0.6) is 5.88 Å². The van der Waals surface area contributed by atoms with E-state index in [9.17, 15) is 31.2 Å². The number of carbonyl (C=O) groups excluding carboxylic acids is 2. The molecule has 2 aromatic rings. The van der Waals surface area contributed by atoms with Gasteiger partial charge in [-0.05, 0) is 54.5 Å². The van der Waals surface area contributed by atoms with Crippen molar-refractivity contribution in [1.29, 1.82) is 0 Å². The van der Waals surface area contributed by atoms with E-state index in [4.69, 9.17) is 14.2 Å². The predicted octanol–water partition coefficient (Wildman–Crippen LogP) is 5.46. The van der Waals surface area contributed by atoms with Crippen molar-refractivity contribution >= 4 is 44.4 Å². The molecule has 0 saturated carbocycles. The van der Waals surface area contributed by atoms with Crippen LogP contribution < -0.4 is 14.4 Å². The SMILES string of the molecule is COc1ncc(-c2sc(N(C(=O)OC(C)(C)C)C(=O)OC(C)(C)C)nc2C)cc1NS(=O)(=O)C(F)(F)F. The average molecular weight is 569 g/mol. The molecule has 0 unspecified atom stereocenters. The number of carbonyl (C=O) groups is 2. The van der Waals surface area contributed by atoms with Gasteiger partial charge in [0.25, 0.3) is 0 Å². The number of nitrogens with one attached hydrogen (secondary N) is 1. The van der Waals surface area contributed by atoms with Crippen LogP contribution in [-0.2, 0) is 19.5 Å². The standard InChI is InChI=1S/C21H27F3N4O7S2/c1-11-14(12-9-13(15(33-8)25-10-12)27-37(31,32)21(22,23)24)36-16(26-11)28(17(29)34-19(2,3)4)18(30)35-20(5,6)7/h9-10,27H,1-8H3. The van der Waals surface area contributed by atoms with Crippen LogP contribution in [0.4, 0.5) is 33.6 Å². The van der Waals surface area contributed by atoms with Gasteiger partial charge in [-0.15, -0.1) is 0 Å². The van der Waals surface area contributed by atoms with E-state index in [0.29, 0.717) is 4.90 Å². The first kappa shape index (κ1) is 30.1. The lowest BCUT2D eigenvalue weighted by atomic mass is 10.2. The van der Waals surface area contributed by atoms with Crippen molar-refractivity contribution < 1.29 is 45.4 Å².